The summed E-state index contributed by atoms with van der Waals surface area (Å²) in [5.74, 6) is -2.94. The minimum absolute atomic E-state index is 0.0561. The predicted octanol–water partition coefficient (Wildman–Crippen LogP) is 4.45. The van der Waals surface area contributed by atoms with Gasteiger partial charge in [-0.05, 0) is 37.5 Å². The van der Waals surface area contributed by atoms with Crippen LogP contribution in [0.4, 0.5) is 11.4 Å². The minimum Gasteiger partial charge on any atom is -0.545 e. The van der Waals surface area contributed by atoms with Crippen LogP contribution in [0.25, 0.3) is 0 Å². The number of fused-ring (bicyclic) bond motifs is 1. The lowest BCUT2D eigenvalue weighted by Crippen LogP contribution is -2.34. The largest absolute Gasteiger partial charge is 0.545 e. The molecule has 30 heavy (non-hydrogen) atoms. The molecule has 2 heterocycles. The zero-order chi connectivity index (χ0) is 21.7. The van der Waals surface area contributed by atoms with Gasteiger partial charge < -0.3 is 14.8 Å². The summed E-state index contributed by atoms with van der Waals surface area (Å²) in [4.78, 5) is 40.6. The molecule has 156 valence electrons. The first kappa shape index (κ1) is 21.2. The van der Waals surface area contributed by atoms with Gasteiger partial charge in [-0.25, -0.2) is 4.90 Å². The molecule has 1 fully saturated rings. The van der Waals surface area contributed by atoms with Crippen LogP contribution in [0, 0.1) is 0 Å². The van der Waals surface area contributed by atoms with Crippen LogP contribution in [-0.2, 0) is 0 Å². The third kappa shape index (κ3) is 3.23. The maximum absolute atomic E-state index is 13.0. The highest BCUT2D eigenvalue weighted by Crippen LogP contribution is 2.46. The first-order chi connectivity index (χ1) is 14.2. The maximum atomic E-state index is 13.0. The second-order valence-electron chi connectivity index (χ2n) is 6.99. The fourth-order valence-electron chi connectivity index (χ4n) is 3.82. The lowest BCUT2D eigenvalue weighted by molar-refractivity contribution is -0.254. The van der Waals surface area contributed by atoms with E-state index in [1.165, 1.54) is 12.1 Å². The molecule has 0 unspecified atom stereocenters. The molecule has 0 aromatic heterocycles. The van der Waals surface area contributed by atoms with E-state index in [0.717, 1.165) is 37.3 Å². The summed E-state index contributed by atoms with van der Waals surface area (Å²) in [5, 5.41) is 11.2. The highest BCUT2D eigenvalue weighted by atomic mass is 35.5. The third-order valence-electron chi connectivity index (χ3n) is 5.26. The smallest absolute Gasteiger partial charge is 0.267 e. The molecule has 6 nitrogen and oxygen atoms in total. The van der Waals surface area contributed by atoms with E-state index < -0.39 is 17.8 Å². The molecule has 2 aromatic carbocycles. The zero-order valence-corrected chi connectivity index (χ0v) is 18.3. The molecule has 0 spiro atoms. The van der Waals surface area contributed by atoms with Crippen molar-refractivity contribution in [2.45, 2.75) is 19.3 Å². The van der Waals surface area contributed by atoms with Gasteiger partial charge in [0, 0.05) is 24.3 Å². The van der Waals surface area contributed by atoms with Crippen molar-refractivity contribution in [2.24, 2.45) is 0 Å². The molecule has 1 saturated heterocycles. The molecular formula is C20H13Cl4N2O4-. The topological polar surface area (TPSA) is 80.7 Å². The van der Waals surface area contributed by atoms with Crippen molar-refractivity contribution in [1.82, 2.24) is 0 Å². The van der Waals surface area contributed by atoms with Gasteiger partial charge in [0.15, 0.2) is 0 Å². The Morgan fingerprint density at radius 3 is 1.87 bits per heavy atom. The number of carboxylic acid groups (broad SMARTS) is 1. The first-order valence-corrected chi connectivity index (χ1v) is 10.6. The summed E-state index contributed by atoms with van der Waals surface area (Å²) in [7, 11) is 0. The van der Waals surface area contributed by atoms with E-state index in [4.69, 9.17) is 46.4 Å². The van der Waals surface area contributed by atoms with Gasteiger partial charge in [0.25, 0.3) is 11.8 Å². The van der Waals surface area contributed by atoms with Gasteiger partial charge in [0.05, 0.1) is 42.9 Å². The number of carbonyl (C=O) groups is 3. The molecule has 0 aliphatic carbocycles. The van der Waals surface area contributed by atoms with Crippen LogP contribution in [0.15, 0.2) is 18.2 Å². The number of hydrogen-bond acceptors (Lipinski definition) is 5. The zero-order valence-electron chi connectivity index (χ0n) is 15.3. The van der Waals surface area contributed by atoms with Crippen LogP contribution >= 0.6 is 46.4 Å². The number of nitrogens with zero attached hydrogens (tertiary/aromatic N) is 2. The number of aromatic carboxylic acids is 1. The van der Waals surface area contributed by atoms with Gasteiger partial charge in [-0.3, -0.25) is 9.59 Å². The van der Waals surface area contributed by atoms with Gasteiger partial charge in [0.2, 0.25) is 0 Å². The second-order valence-corrected chi connectivity index (χ2v) is 8.50. The molecule has 2 aliphatic rings. The van der Waals surface area contributed by atoms with Crippen LogP contribution in [0.2, 0.25) is 20.1 Å². The lowest BCUT2D eigenvalue weighted by Gasteiger charge is -2.31. The van der Waals surface area contributed by atoms with Crippen LogP contribution < -0.4 is 14.9 Å². The van der Waals surface area contributed by atoms with Crippen molar-refractivity contribution >= 4 is 75.6 Å². The van der Waals surface area contributed by atoms with E-state index in [-0.39, 0.29) is 42.5 Å². The Hall–Kier alpha value is -1.99. The molecular weight excluding hydrogens is 474 g/mol. The molecule has 0 atom stereocenters. The Morgan fingerprint density at radius 2 is 1.37 bits per heavy atom. The normalized spacial score (nSPS) is 16.3. The fraction of sp³-hybridized carbons (Fsp3) is 0.250. The third-order valence-corrected chi connectivity index (χ3v) is 7.06. The number of anilines is 2. The summed E-state index contributed by atoms with van der Waals surface area (Å²) in [5.41, 5.74) is 0.0873. The summed E-state index contributed by atoms with van der Waals surface area (Å²) in [6.07, 6.45) is 2.98. The highest BCUT2D eigenvalue weighted by molar-refractivity contribution is 6.56. The number of carbonyl (C=O) groups excluding carboxylic acids is 3. The van der Waals surface area contributed by atoms with E-state index in [1.807, 2.05) is 4.90 Å². The van der Waals surface area contributed by atoms with Crippen molar-refractivity contribution in [3.8, 4) is 0 Å². The van der Waals surface area contributed by atoms with Crippen molar-refractivity contribution < 1.29 is 19.5 Å². The van der Waals surface area contributed by atoms with Gasteiger partial charge in [-0.1, -0.05) is 46.4 Å². The molecule has 10 heteroatoms. The molecule has 0 saturated carbocycles. The molecule has 0 radical (unpaired) electrons. The summed E-state index contributed by atoms with van der Waals surface area (Å²) < 4.78 is 0. The Kier molecular flexibility index (Phi) is 5.62. The van der Waals surface area contributed by atoms with E-state index >= 15 is 0 Å². The van der Waals surface area contributed by atoms with Gasteiger partial charge in [-0.2, -0.15) is 0 Å². The molecule has 2 aliphatic heterocycles. The van der Waals surface area contributed by atoms with E-state index in [9.17, 15) is 19.5 Å². The molecule has 2 amide bonds. The fourth-order valence-corrected chi connectivity index (χ4v) is 4.84. The van der Waals surface area contributed by atoms with Crippen LogP contribution in [-0.4, -0.2) is 30.9 Å². The van der Waals surface area contributed by atoms with E-state index in [2.05, 4.69) is 0 Å². The first-order valence-electron chi connectivity index (χ1n) is 9.09. The van der Waals surface area contributed by atoms with Crippen LogP contribution in [0.1, 0.15) is 50.3 Å². The monoisotopic (exact) mass is 485 g/mol. The Balaban J connectivity index is 1.81. The second kappa shape index (κ2) is 7.93. The summed E-state index contributed by atoms with van der Waals surface area (Å²) >= 11 is 24.4. The molecule has 2 aromatic rings. The Labute approximate surface area is 191 Å². The van der Waals surface area contributed by atoms with Gasteiger partial charge >= 0.3 is 0 Å². The summed E-state index contributed by atoms with van der Waals surface area (Å²) in [6, 6.07) is 4.31. The quantitative estimate of drug-likeness (QED) is 0.363. The van der Waals surface area contributed by atoms with Crippen molar-refractivity contribution in [1.29, 1.82) is 0 Å². The average Bonchev–Trinajstić information content (AvgIpc) is 3.01. The number of imide groups is 1. The van der Waals surface area contributed by atoms with Crippen LogP contribution in [0.5, 0.6) is 0 Å². The van der Waals surface area contributed by atoms with E-state index in [1.54, 1.807) is 6.07 Å². The molecule has 0 N–H and O–H groups in total. The van der Waals surface area contributed by atoms with Crippen molar-refractivity contribution in [3.05, 3.63) is 55.0 Å². The van der Waals surface area contributed by atoms with Gasteiger partial charge in [-0.15, -0.1) is 0 Å². The van der Waals surface area contributed by atoms with Gasteiger partial charge in [0.1, 0.15) is 0 Å². The minimum atomic E-state index is -1.41. The number of rotatable bonds is 3. The SMILES string of the molecule is O=C([O-])c1cc(N2C(=O)c3c(Cl)c(Cl)c(Cl)c(Cl)c3C2=O)ccc1N1CCCCC1. The van der Waals surface area contributed by atoms with Crippen molar-refractivity contribution in [2.75, 3.05) is 22.9 Å². The summed E-state index contributed by atoms with van der Waals surface area (Å²) in [6.45, 7) is 1.43. The number of benzene rings is 2. The Bertz CT molecular complexity index is 1070. The molecule has 4 rings (SSSR count). The highest BCUT2D eigenvalue weighted by Gasteiger charge is 2.42. The van der Waals surface area contributed by atoms with Crippen LogP contribution in [0.3, 0.4) is 0 Å². The van der Waals surface area contributed by atoms with Crippen molar-refractivity contribution in [3.63, 3.8) is 0 Å². The number of piperidine rings is 1. The lowest BCUT2D eigenvalue weighted by atomic mass is 10.1. The molecule has 0 bridgehead atoms. The average molecular weight is 487 g/mol. The number of amides is 2. The number of carboxylic acids is 1. The van der Waals surface area contributed by atoms with E-state index in [0.29, 0.717) is 5.69 Å². The standard InChI is InChI=1S/C20H14Cl4N2O4/c21-14-12-13(15(22)17(24)16(14)23)19(28)26(18(12)27)9-4-5-11(10(8-9)20(29)30)25-6-2-1-3-7-25/h4-5,8H,1-3,6-7H2,(H,29,30)/p-1. The number of hydrogen-bond donors (Lipinski definition) is 0. The predicted molar refractivity (Wildman–Crippen MR) is 114 cm³/mol. The maximum Gasteiger partial charge on any atom is 0.267 e. The number of halogens is 4. The Morgan fingerprint density at radius 1 is 0.833 bits per heavy atom.